The molecule has 6 heteroatoms. The van der Waals surface area contributed by atoms with Crippen molar-refractivity contribution in [2.24, 2.45) is 0 Å². The molecular weight excluding hydrogens is 246 g/mol. The Morgan fingerprint density at radius 1 is 1.21 bits per heavy atom. The molecule has 0 bridgehead atoms. The lowest BCUT2D eigenvalue weighted by atomic mass is 10.2. The fourth-order valence-electron chi connectivity index (χ4n) is 2.26. The van der Waals surface area contributed by atoms with Crippen LogP contribution in [0, 0.1) is 10.1 Å². The van der Waals surface area contributed by atoms with E-state index in [0.717, 1.165) is 38.2 Å². The van der Waals surface area contributed by atoms with Crippen molar-refractivity contribution < 1.29 is 9.72 Å². The van der Waals surface area contributed by atoms with Gasteiger partial charge in [-0.05, 0) is 19.1 Å². The van der Waals surface area contributed by atoms with E-state index in [1.165, 1.54) is 12.1 Å². The first kappa shape index (κ1) is 13.5. The zero-order valence-corrected chi connectivity index (χ0v) is 10.9. The van der Waals surface area contributed by atoms with Crippen molar-refractivity contribution in [2.45, 2.75) is 13.0 Å². The molecule has 1 aromatic carbocycles. The van der Waals surface area contributed by atoms with Crippen LogP contribution in [0.5, 0.6) is 0 Å². The summed E-state index contributed by atoms with van der Waals surface area (Å²) < 4.78 is 0. The Hall–Kier alpha value is -1.95. The van der Waals surface area contributed by atoms with Gasteiger partial charge in [-0.15, -0.1) is 0 Å². The number of anilines is 1. The van der Waals surface area contributed by atoms with Crippen LogP contribution in [0.2, 0.25) is 0 Å². The molecule has 19 heavy (non-hydrogen) atoms. The molecule has 1 aliphatic rings. The van der Waals surface area contributed by atoms with Crippen LogP contribution >= 0.6 is 0 Å². The highest BCUT2D eigenvalue weighted by Gasteiger charge is 2.21. The van der Waals surface area contributed by atoms with Crippen LogP contribution in [0.25, 0.3) is 0 Å². The highest BCUT2D eigenvalue weighted by molar-refractivity contribution is 5.57. The number of benzene rings is 1. The zero-order valence-electron chi connectivity index (χ0n) is 10.9. The van der Waals surface area contributed by atoms with Gasteiger partial charge in [0, 0.05) is 44.0 Å². The molecule has 0 spiro atoms. The molecule has 1 fully saturated rings. The summed E-state index contributed by atoms with van der Waals surface area (Å²) in [5.74, 6) is 0. The van der Waals surface area contributed by atoms with Gasteiger partial charge in [-0.1, -0.05) is 0 Å². The molecule has 0 aliphatic carbocycles. The highest BCUT2D eigenvalue weighted by Crippen LogP contribution is 2.20. The lowest BCUT2D eigenvalue weighted by Crippen LogP contribution is -2.50. The third-order valence-corrected chi connectivity index (χ3v) is 3.51. The number of nitro benzene ring substituents is 1. The number of aldehydes is 1. The summed E-state index contributed by atoms with van der Waals surface area (Å²) in [6, 6.07) is 6.55. The van der Waals surface area contributed by atoms with Gasteiger partial charge in [0.25, 0.3) is 5.69 Å². The molecule has 0 N–H and O–H groups in total. The van der Waals surface area contributed by atoms with Gasteiger partial charge in [-0.3, -0.25) is 15.0 Å². The van der Waals surface area contributed by atoms with Crippen LogP contribution < -0.4 is 4.90 Å². The second-order valence-corrected chi connectivity index (χ2v) is 4.67. The summed E-state index contributed by atoms with van der Waals surface area (Å²) in [7, 11) is 0. The van der Waals surface area contributed by atoms with Gasteiger partial charge in [0.05, 0.1) is 11.0 Å². The minimum absolute atomic E-state index is 0.0426. The van der Waals surface area contributed by atoms with Crippen molar-refractivity contribution >= 4 is 17.7 Å². The van der Waals surface area contributed by atoms with E-state index in [1.54, 1.807) is 12.1 Å². The van der Waals surface area contributed by atoms with Gasteiger partial charge in [0.15, 0.2) is 0 Å². The maximum Gasteiger partial charge on any atom is 0.269 e. The SMILES string of the molecule is CC(C=O)N1CCN(c2ccc([N+](=O)[O-])cc2)CC1. The van der Waals surface area contributed by atoms with E-state index in [2.05, 4.69) is 9.80 Å². The van der Waals surface area contributed by atoms with E-state index in [9.17, 15) is 14.9 Å². The van der Waals surface area contributed by atoms with Crippen molar-refractivity contribution in [2.75, 3.05) is 31.1 Å². The Kier molecular flexibility index (Phi) is 4.11. The smallest absolute Gasteiger partial charge is 0.269 e. The highest BCUT2D eigenvalue weighted by atomic mass is 16.6. The van der Waals surface area contributed by atoms with E-state index in [-0.39, 0.29) is 11.7 Å². The summed E-state index contributed by atoms with van der Waals surface area (Å²) in [6.45, 7) is 5.22. The molecule has 0 amide bonds. The summed E-state index contributed by atoms with van der Waals surface area (Å²) in [4.78, 5) is 25.2. The van der Waals surface area contributed by atoms with Gasteiger partial charge in [0.2, 0.25) is 0 Å². The lowest BCUT2D eigenvalue weighted by Gasteiger charge is -2.37. The normalized spacial score (nSPS) is 18.1. The number of carbonyl (C=O) groups is 1. The summed E-state index contributed by atoms with van der Waals surface area (Å²) in [5, 5.41) is 10.6. The van der Waals surface area contributed by atoms with E-state index in [4.69, 9.17) is 0 Å². The Morgan fingerprint density at radius 2 is 1.79 bits per heavy atom. The van der Waals surface area contributed by atoms with Crippen molar-refractivity contribution in [3.05, 3.63) is 34.4 Å². The van der Waals surface area contributed by atoms with Gasteiger partial charge < -0.3 is 9.69 Å². The zero-order chi connectivity index (χ0) is 13.8. The van der Waals surface area contributed by atoms with Crippen molar-refractivity contribution in [1.82, 2.24) is 4.90 Å². The van der Waals surface area contributed by atoms with E-state index in [1.807, 2.05) is 6.92 Å². The number of nitro groups is 1. The summed E-state index contributed by atoms with van der Waals surface area (Å²) in [5.41, 5.74) is 1.10. The molecule has 0 radical (unpaired) electrons. The Labute approximate surface area is 111 Å². The molecule has 6 nitrogen and oxygen atoms in total. The lowest BCUT2D eigenvalue weighted by molar-refractivity contribution is -0.384. The standard InChI is InChI=1S/C13H17N3O3/c1-11(10-17)14-6-8-15(9-7-14)12-2-4-13(5-3-12)16(18)19/h2-5,10-11H,6-9H2,1H3. The van der Waals surface area contributed by atoms with Gasteiger partial charge in [-0.25, -0.2) is 0 Å². The maximum absolute atomic E-state index is 10.7. The summed E-state index contributed by atoms with van der Waals surface area (Å²) >= 11 is 0. The quantitative estimate of drug-likeness (QED) is 0.465. The molecule has 1 heterocycles. The van der Waals surface area contributed by atoms with Crippen LogP contribution in [0.4, 0.5) is 11.4 Å². The second-order valence-electron chi connectivity index (χ2n) is 4.67. The van der Waals surface area contributed by atoms with Gasteiger partial charge >= 0.3 is 0 Å². The average molecular weight is 263 g/mol. The summed E-state index contributed by atoms with van der Waals surface area (Å²) in [6.07, 6.45) is 0.960. The average Bonchev–Trinajstić information content (AvgIpc) is 2.46. The van der Waals surface area contributed by atoms with Crippen molar-refractivity contribution in [1.29, 1.82) is 0 Å². The number of nitrogens with zero attached hydrogens (tertiary/aromatic N) is 3. The molecule has 102 valence electrons. The number of piperazine rings is 1. The largest absolute Gasteiger partial charge is 0.369 e. The third-order valence-electron chi connectivity index (χ3n) is 3.51. The van der Waals surface area contributed by atoms with Gasteiger partial charge in [0.1, 0.15) is 6.29 Å². The van der Waals surface area contributed by atoms with E-state index >= 15 is 0 Å². The van der Waals surface area contributed by atoms with Crippen LogP contribution in [0.3, 0.4) is 0 Å². The predicted molar refractivity (Wildman–Crippen MR) is 72.4 cm³/mol. The number of hydrogen-bond acceptors (Lipinski definition) is 5. The minimum Gasteiger partial charge on any atom is -0.369 e. The molecular formula is C13H17N3O3. The molecule has 0 saturated carbocycles. The van der Waals surface area contributed by atoms with Crippen LogP contribution in [0.15, 0.2) is 24.3 Å². The van der Waals surface area contributed by atoms with Crippen LogP contribution in [0.1, 0.15) is 6.92 Å². The molecule has 0 aromatic heterocycles. The first-order valence-electron chi connectivity index (χ1n) is 6.30. The molecule has 1 atom stereocenters. The first-order valence-corrected chi connectivity index (χ1v) is 6.30. The number of rotatable bonds is 4. The molecule has 1 saturated heterocycles. The Balaban J connectivity index is 1.97. The minimum atomic E-state index is -0.395. The Bertz CT molecular complexity index is 453. The second kappa shape index (κ2) is 5.79. The number of non-ortho nitro benzene ring substituents is 1. The molecule has 1 aromatic rings. The fourth-order valence-corrected chi connectivity index (χ4v) is 2.26. The predicted octanol–water partition coefficient (Wildman–Crippen LogP) is 1.30. The third kappa shape index (κ3) is 3.08. The maximum atomic E-state index is 10.7. The molecule has 1 unspecified atom stereocenters. The topological polar surface area (TPSA) is 66.7 Å². The Morgan fingerprint density at radius 3 is 2.26 bits per heavy atom. The molecule has 2 rings (SSSR count). The van der Waals surface area contributed by atoms with E-state index in [0.29, 0.717) is 0 Å². The van der Waals surface area contributed by atoms with Crippen LogP contribution in [-0.4, -0.2) is 48.3 Å². The van der Waals surface area contributed by atoms with Crippen molar-refractivity contribution in [3.8, 4) is 0 Å². The number of carbonyl (C=O) groups excluding carboxylic acids is 1. The molecule has 1 aliphatic heterocycles. The van der Waals surface area contributed by atoms with Gasteiger partial charge in [-0.2, -0.15) is 0 Å². The van der Waals surface area contributed by atoms with E-state index < -0.39 is 4.92 Å². The monoisotopic (exact) mass is 263 g/mol. The van der Waals surface area contributed by atoms with Crippen molar-refractivity contribution in [3.63, 3.8) is 0 Å². The van der Waals surface area contributed by atoms with Crippen LogP contribution in [-0.2, 0) is 4.79 Å². The number of hydrogen-bond donors (Lipinski definition) is 0. The fraction of sp³-hybridized carbons (Fsp3) is 0.462. The first-order chi connectivity index (χ1) is 9.11.